The van der Waals surface area contributed by atoms with Gasteiger partial charge in [0.25, 0.3) is 23.5 Å². The second kappa shape index (κ2) is 4.95. The van der Waals surface area contributed by atoms with Crippen molar-refractivity contribution in [2.45, 2.75) is 0 Å². The van der Waals surface area contributed by atoms with E-state index >= 15 is 0 Å². The summed E-state index contributed by atoms with van der Waals surface area (Å²) in [5.74, 6) is 0. The fraction of sp³-hybridized carbons (Fsp3) is 0. The Kier molecular flexibility index (Phi) is 6.19. The van der Waals surface area contributed by atoms with Gasteiger partial charge in [-0.3, -0.25) is 13.7 Å². The van der Waals surface area contributed by atoms with Gasteiger partial charge in [0.15, 0.2) is 0 Å². The minimum absolute atomic E-state index is 0. The standard InChI is InChI=1S/Mo.H3O9P3.O/c;1-10(2)7-11(3,4)9-12(5,6)8-10;/h;(H,1,2)(H,3,4)(H,5,6);/q;;-2/p-3. The molecule has 0 N–H and O–H groups in total. The van der Waals surface area contributed by atoms with E-state index in [-0.39, 0.29) is 26.5 Å². The van der Waals surface area contributed by atoms with Crippen LogP contribution in [0.25, 0.3) is 0 Å². The first-order valence-corrected chi connectivity index (χ1v) is 6.57. The first-order valence-electron chi connectivity index (χ1n) is 2.19. The third-order valence-corrected chi connectivity index (χ3v) is 5.40. The van der Waals surface area contributed by atoms with Gasteiger partial charge in [0.1, 0.15) is 0 Å². The molecule has 0 radical (unpaired) electrons. The molecule has 0 bridgehead atoms. The van der Waals surface area contributed by atoms with Crippen LogP contribution in [0.2, 0.25) is 0 Å². The zero-order valence-corrected chi connectivity index (χ0v) is 10.5. The molecular formula is MoO10P3-5. The third kappa shape index (κ3) is 5.26. The Bertz CT molecular complexity index is 260. The molecule has 1 aliphatic rings. The average molecular weight is 349 g/mol. The van der Waals surface area contributed by atoms with Crippen molar-refractivity contribution in [1.82, 2.24) is 0 Å². The van der Waals surface area contributed by atoms with E-state index in [9.17, 15) is 28.4 Å². The molecule has 1 saturated heterocycles. The van der Waals surface area contributed by atoms with Crippen molar-refractivity contribution in [3.8, 4) is 0 Å². The van der Waals surface area contributed by atoms with Crippen LogP contribution in [-0.2, 0) is 53.2 Å². The zero-order valence-electron chi connectivity index (χ0n) is 5.83. The summed E-state index contributed by atoms with van der Waals surface area (Å²) in [6, 6.07) is 0. The van der Waals surface area contributed by atoms with Gasteiger partial charge in [0.2, 0.25) is 0 Å². The predicted molar refractivity (Wildman–Crippen MR) is 26.8 cm³/mol. The van der Waals surface area contributed by atoms with Crippen LogP contribution in [0.3, 0.4) is 0 Å². The molecule has 0 amide bonds. The van der Waals surface area contributed by atoms with E-state index in [1.54, 1.807) is 0 Å². The summed E-state index contributed by atoms with van der Waals surface area (Å²) in [6.07, 6.45) is 0. The molecule has 86 valence electrons. The number of hydrogen-bond donors (Lipinski definition) is 0. The van der Waals surface area contributed by atoms with E-state index in [0.29, 0.717) is 0 Å². The van der Waals surface area contributed by atoms with Gasteiger partial charge in [0, 0.05) is 21.1 Å². The molecule has 0 aromatic heterocycles. The van der Waals surface area contributed by atoms with Gasteiger partial charge >= 0.3 is 0 Å². The summed E-state index contributed by atoms with van der Waals surface area (Å²) in [4.78, 5) is 30.7. The van der Waals surface area contributed by atoms with Crippen LogP contribution in [0.4, 0.5) is 0 Å². The Morgan fingerprint density at radius 3 is 1.00 bits per heavy atom. The smallest absolute Gasteiger partial charge is 0.280 e. The van der Waals surface area contributed by atoms with E-state index in [2.05, 4.69) is 12.9 Å². The maximum absolute atomic E-state index is 10.2. The average Bonchev–Trinajstić information content (AvgIpc) is 1.44. The van der Waals surface area contributed by atoms with Crippen LogP contribution in [-0.4, -0.2) is 0 Å². The van der Waals surface area contributed by atoms with Crippen LogP contribution in [0, 0.1) is 0 Å². The minimum atomic E-state index is -5.36. The van der Waals surface area contributed by atoms with Crippen LogP contribution in [0.15, 0.2) is 0 Å². The Hall–Kier alpha value is 1.10. The van der Waals surface area contributed by atoms with Gasteiger partial charge in [0.05, 0.1) is 0 Å². The molecule has 0 spiro atoms. The van der Waals surface area contributed by atoms with Crippen molar-refractivity contribution in [3.63, 3.8) is 0 Å². The fourth-order valence-corrected chi connectivity index (χ4v) is 4.51. The van der Waals surface area contributed by atoms with Crippen LogP contribution in [0.5, 0.6) is 0 Å². The minimum Gasteiger partial charge on any atom is -2.00 e. The van der Waals surface area contributed by atoms with Crippen molar-refractivity contribution >= 4 is 23.5 Å². The van der Waals surface area contributed by atoms with E-state index < -0.39 is 23.5 Å². The summed E-state index contributed by atoms with van der Waals surface area (Å²) >= 11 is 0. The second-order valence-corrected chi connectivity index (χ2v) is 6.23. The normalized spacial score (nSPS) is 47.4. The van der Waals surface area contributed by atoms with E-state index in [1.165, 1.54) is 0 Å². The van der Waals surface area contributed by atoms with E-state index in [4.69, 9.17) is 0 Å². The maximum atomic E-state index is 10.2. The summed E-state index contributed by atoms with van der Waals surface area (Å²) in [7, 11) is -16.1. The molecule has 10 nitrogen and oxygen atoms in total. The van der Waals surface area contributed by atoms with Crippen LogP contribution >= 0.6 is 23.5 Å². The molecule has 0 atom stereocenters. The van der Waals surface area contributed by atoms with Gasteiger partial charge < -0.3 is 20.2 Å². The predicted octanol–water partition coefficient (Wildman–Crippen LogP) is -1.67. The van der Waals surface area contributed by atoms with Crippen LogP contribution in [0.1, 0.15) is 0 Å². The molecule has 1 heterocycles. The van der Waals surface area contributed by atoms with Gasteiger partial charge in [-0.2, -0.15) is 0 Å². The van der Waals surface area contributed by atoms with Crippen molar-refractivity contribution in [3.05, 3.63) is 0 Å². The quantitative estimate of drug-likeness (QED) is 0.365. The second-order valence-electron chi connectivity index (χ2n) is 1.59. The Morgan fingerprint density at radius 1 is 0.714 bits per heavy atom. The first-order chi connectivity index (χ1) is 5.12. The molecule has 0 aromatic rings. The summed E-state index contributed by atoms with van der Waals surface area (Å²) in [6.45, 7) is 0. The van der Waals surface area contributed by atoms with E-state index in [1.807, 2.05) is 0 Å². The van der Waals surface area contributed by atoms with Gasteiger partial charge in [-0.25, -0.2) is 12.9 Å². The topological polar surface area (TPSA) is 177 Å². The molecule has 14 heavy (non-hydrogen) atoms. The van der Waals surface area contributed by atoms with Crippen molar-refractivity contribution in [2.75, 3.05) is 0 Å². The fourth-order valence-electron chi connectivity index (χ4n) is 0.412. The van der Waals surface area contributed by atoms with E-state index in [0.717, 1.165) is 0 Å². The Morgan fingerprint density at radius 2 is 0.857 bits per heavy atom. The monoisotopic (exact) mass is 351 g/mol. The summed E-state index contributed by atoms with van der Waals surface area (Å²) < 4.78 is 40.3. The molecule has 14 heteroatoms. The molecule has 1 aliphatic heterocycles. The third-order valence-electron chi connectivity index (χ3n) is 0.600. The zero-order chi connectivity index (χ0) is 9.62. The van der Waals surface area contributed by atoms with Crippen molar-refractivity contribution in [1.29, 1.82) is 0 Å². The number of rotatable bonds is 0. The number of phosphoric acid groups is 3. The summed E-state index contributed by atoms with van der Waals surface area (Å²) in [5, 5.41) is 0. The van der Waals surface area contributed by atoms with Crippen molar-refractivity contribution in [2.24, 2.45) is 0 Å². The van der Waals surface area contributed by atoms with Gasteiger partial charge in [-0.15, -0.1) is 0 Å². The Labute approximate surface area is 91.6 Å². The largest absolute Gasteiger partial charge is 2.00 e. The molecule has 0 aromatic carbocycles. The molecule has 1 rings (SSSR count). The number of hydrogen-bond acceptors (Lipinski definition) is 9. The van der Waals surface area contributed by atoms with Crippen molar-refractivity contribution < 1.29 is 67.8 Å². The summed E-state index contributed by atoms with van der Waals surface area (Å²) in [5.41, 5.74) is 0. The SMILES string of the molecule is O=P1([O-])OP(=O)([O-])OP(=O)([O-])O1.[Mo].[O-2]. The molecular weight excluding hydrogens is 349 g/mol. The van der Waals surface area contributed by atoms with Gasteiger partial charge in [-0.1, -0.05) is 0 Å². The first kappa shape index (κ1) is 17.5. The Balaban J connectivity index is 0. The molecule has 0 unspecified atom stereocenters. The molecule has 1 fully saturated rings. The van der Waals surface area contributed by atoms with Gasteiger partial charge in [-0.05, 0) is 0 Å². The molecule has 0 aliphatic carbocycles. The van der Waals surface area contributed by atoms with Crippen LogP contribution < -0.4 is 14.7 Å². The molecule has 0 saturated carbocycles. The maximum Gasteiger partial charge on any atom is 0.280 e.